The largest absolute Gasteiger partial charge is 3.00 e. The van der Waals surface area contributed by atoms with Gasteiger partial charge in [-0.2, -0.15) is 109 Å². The molecule has 0 aromatic heterocycles. The molecular weight excluding hydrogens is 324 g/mol. The molecule has 117 valence electrons. The minimum atomic E-state index is 0. The summed E-state index contributed by atoms with van der Waals surface area (Å²) in [6.07, 6.45) is 9.50. The molecule has 0 N–H and O–H groups in total. The van der Waals surface area contributed by atoms with E-state index in [1.165, 1.54) is 0 Å². The van der Waals surface area contributed by atoms with Gasteiger partial charge in [0.1, 0.15) is 0 Å². The van der Waals surface area contributed by atoms with E-state index in [-0.39, 0.29) is 21.7 Å². The first-order chi connectivity index (χ1) is 11.5. The van der Waals surface area contributed by atoms with E-state index in [1.54, 1.807) is 0 Å². The zero-order valence-electron chi connectivity index (χ0n) is 13.7. The Morgan fingerprint density at radius 2 is 0.708 bits per heavy atom. The summed E-state index contributed by atoms with van der Waals surface area (Å²) in [7, 11) is 0. The Morgan fingerprint density at radius 1 is 0.417 bits per heavy atom. The van der Waals surface area contributed by atoms with Gasteiger partial charge in [-0.25, -0.2) is 0 Å². The summed E-state index contributed by atoms with van der Waals surface area (Å²) in [5, 5.41) is 0. The van der Waals surface area contributed by atoms with Crippen LogP contribution in [-0.2, 0) is 21.7 Å². The van der Waals surface area contributed by atoms with Gasteiger partial charge in [0.15, 0.2) is 0 Å². The first kappa shape index (κ1) is 21.9. The molecule has 0 heterocycles. The zero-order chi connectivity index (χ0) is 16.3. The Morgan fingerprint density at radius 3 is 0.792 bits per heavy atom. The van der Waals surface area contributed by atoms with Gasteiger partial charge >= 0.3 is 21.7 Å². The van der Waals surface area contributed by atoms with Crippen molar-refractivity contribution in [3.05, 3.63) is 133 Å². The number of benzene rings is 3. The molecule has 3 aromatic rings. The van der Waals surface area contributed by atoms with Crippen molar-refractivity contribution in [2.24, 2.45) is 0 Å². The molecular formula is C23H21Ti. The van der Waals surface area contributed by atoms with E-state index in [1.807, 2.05) is 91.0 Å². The zero-order valence-corrected chi connectivity index (χ0v) is 15.2. The Bertz CT molecular complexity index is 436. The third-order valence-electron chi connectivity index (χ3n) is 2.48. The average molecular weight is 345 g/mol. The third-order valence-corrected chi connectivity index (χ3v) is 2.48. The molecule has 4 rings (SSSR count). The quantitative estimate of drug-likeness (QED) is 0.348. The second-order valence-electron chi connectivity index (χ2n) is 4.32. The predicted molar refractivity (Wildman–Crippen MR) is 98.7 cm³/mol. The van der Waals surface area contributed by atoms with Crippen molar-refractivity contribution in [1.29, 1.82) is 0 Å². The molecule has 1 aliphatic carbocycles. The smallest absolute Gasteiger partial charge is 0.184 e. The molecule has 0 nitrogen and oxygen atoms in total. The topological polar surface area (TPSA) is 0 Å². The van der Waals surface area contributed by atoms with Crippen LogP contribution in [0, 0.1) is 18.2 Å². The van der Waals surface area contributed by atoms with E-state index in [0.717, 1.165) is 6.42 Å². The van der Waals surface area contributed by atoms with E-state index in [9.17, 15) is 0 Å². The molecule has 0 atom stereocenters. The molecule has 3 aromatic carbocycles. The first-order valence-electron chi connectivity index (χ1n) is 7.55. The number of hydrogen-bond donors (Lipinski definition) is 0. The SMILES string of the molecule is C1=CCC=C1.[Ti+3].[c-]1ccccc1.[c-]1ccccc1.[c-]1ccccc1. The van der Waals surface area contributed by atoms with Gasteiger partial charge in [-0.3, -0.25) is 0 Å². The molecule has 0 aliphatic heterocycles. The number of hydrogen-bond acceptors (Lipinski definition) is 0. The van der Waals surface area contributed by atoms with Gasteiger partial charge in [0.2, 0.25) is 0 Å². The first-order valence-corrected chi connectivity index (χ1v) is 7.55. The molecule has 0 saturated heterocycles. The van der Waals surface area contributed by atoms with Crippen molar-refractivity contribution in [3.63, 3.8) is 0 Å². The summed E-state index contributed by atoms with van der Waals surface area (Å²) in [5.74, 6) is 0. The normalized spacial score (nSPS) is 9.67. The van der Waals surface area contributed by atoms with Crippen molar-refractivity contribution in [1.82, 2.24) is 0 Å². The van der Waals surface area contributed by atoms with Crippen LogP contribution < -0.4 is 0 Å². The van der Waals surface area contributed by atoms with E-state index < -0.39 is 0 Å². The second kappa shape index (κ2) is 18.9. The van der Waals surface area contributed by atoms with Gasteiger partial charge in [-0.05, 0) is 6.42 Å². The summed E-state index contributed by atoms with van der Waals surface area (Å²) in [6, 6.07) is 37.5. The predicted octanol–water partition coefficient (Wildman–Crippen LogP) is 5.96. The molecule has 0 saturated carbocycles. The molecule has 0 unspecified atom stereocenters. The summed E-state index contributed by atoms with van der Waals surface area (Å²) in [6.45, 7) is 0. The van der Waals surface area contributed by atoms with Crippen LogP contribution in [0.1, 0.15) is 6.42 Å². The van der Waals surface area contributed by atoms with Crippen LogP contribution in [0.3, 0.4) is 0 Å². The van der Waals surface area contributed by atoms with Gasteiger partial charge < -0.3 is 0 Å². The molecule has 0 spiro atoms. The second-order valence-corrected chi connectivity index (χ2v) is 4.32. The van der Waals surface area contributed by atoms with Crippen molar-refractivity contribution < 1.29 is 21.7 Å². The summed E-state index contributed by atoms with van der Waals surface area (Å²) >= 11 is 0. The molecule has 24 heavy (non-hydrogen) atoms. The Labute approximate surface area is 161 Å². The van der Waals surface area contributed by atoms with E-state index in [4.69, 9.17) is 0 Å². The van der Waals surface area contributed by atoms with Gasteiger partial charge in [-0.15, -0.1) is 0 Å². The van der Waals surface area contributed by atoms with E-state index in [2.05, 4.69) is 42.5 Å². The van der Waals surface area contributed by atoms with Gasteiger partial charge in [0.25, 0.3) is 0 Å². The Balaban J connectivity index is 0.000000291. The molecule has 0 bridgehead atoms. The standard InChI is InChI=1S/3C6H5.C5H6.Ti/c3*1-2-4-6-5-3-1;1-2-4-5-3-1;/h3*1-5H;1-4H,5H2;/q3*-1;;+3. The van der Waals surface area contributed by atoms with Gasteiger partial charge in [0.05, 0.1) is 0 Å². The van der Waals surface area contributed by atoms with Crippen molar-refractivity contribution in [3.8, 4) is 0 Å². The maximum atomic E-state index is 2.89. The monoisotopic (exact) mass is 345 g/mol. The minimum Gasteiger partial charge on any atom is -0.184 e. The van der Waals surface area contributed by atoms with Crippen LogP contribution in [0.2, 0.25) is 0 Å². The fourth-order valence-corrected chi connectivity index (χ4v) is 1.42. The molecule has 1 radical (unpaired) electrons. The van der Waals surface area contributed by atoms with Crippen LogP contribution in [0.25, 0.3) is 0 Å². The van der Waals surface area contributed by atoms with Crippen LogP contribution >= 0.6 is 0 Å². The van der Waals surface area contributed by atoms with Crippen LogP contribution in [0.15, 0.2) is 115 Å². The maximum absolute atomic E-state index is 2.89. The molecule has 1 heteroatoms. The van der Waals surface area contributed by atoms with E-state index >= 15 is 0 Å². The van der Waals surface area contributed by atoms with Crippen molar-refractivity contribution >= 4 is 0 Å². The Hall–Kier alpha value is -2.15. The summed E-state index contributed by atoms with van der Waals surface area (Å²) in [4.78, 5) is 0. The average Bonchev–Trinajstić information content (AvgIpc) is 3.27. The molecule has 0 amide bonds. The van der Waals surface area contributed by atoms with Crippen LogP contribution in [0.5, 0.6) is 0 Å². The Kier molecular flexibility index (Phi) is 17.2. The number of allylic oxidation sites excluding steroid dienone is 4. The molecule has 0 fully saturated rings. The van der Waals surface area contributed by atoms with Gasteiger partial charge in [-0.1, -0.05) is 24.3 Å². The maximum Gasteiger partial charge on any atom is 3.00 e. The fraction of sp³-hybridized carbons (Fsp3) is 0.0435. The van der Waals surface area contributed by atoms with Crippen molar-refractivity contribution in [2.75, 3.05) is 0 Å². The van der Waals surface area contributed by atoms with Crippen LogP contribution in [-0.4, -0.2) is 0 Å². The summed E-state index contributed by atoms with van der Waals surface area (Å²) < 4.78 is 0. The number of rotatable bonds is 0. The third kappa shape index (κ3) is 16.2. The summed E-state index contributed by atoms with van der Waals surface area (Å²) in [5.41, 5.74) is 0. The molecule has 1 aliphatic rings. The minimum absolute atomic E-state index is 0. The fourth-order valence-electron chi connectivity index (χ4n) is 1.42. The van der Waals surface area contributed by atoms with Crippen molar-refractivity contribution in [2.45, 2.75) is 6.42 Å². The van der Waals surface area contributed by atoms with Crippen LogP contribution in [0.4, 0.5) is 0 Å². The van der Waals surface area contributed by atoms with E-state index in [0.29, 0.717) is 0 Å². The van der Waals surface area contributed by atoms with Gasteiger partial charge in [0, 0.05) is 0 Å².